The molecule has 0 radical (unpaired) electrons. The summed E-state index contributed by atoms with van der Waals surface area (Å²) in [5.74, 6) is -0.384. The first-order valence-corrected chi connectivity index (χ1v) is 5.09. The van der Waals surface area contributed by atoms with E-state index in [4.69, 9.17) is 17.3 Å². The lowest BCUT2D eigenvalue weighted by molar-refractivity contribution is 0.0953. The van der Waals surface area contributed by atoms with Crippen LogP contribution in [-0.2, 0) is 0 Å². The second-order valence-corrected chi connectivity index (χ2v) is 3.97. The third-order valence-corrected chi connectivity index (χ3v) is 2.32. The highest BCUT2D eigenvalue weighted by Crippen LogP contribution is 2.14. The summed E-state index contributed by atoms with van der Waals surface area (Å²) in [6.07, 6.45) is 0. The van der Waals surface area contributed by atoms with Crippen molar-refractivity contribution in [1.29, 1.82) is 0 Å². The number of carbonyl (C=O) groups excluding carboxylic acids is 2. The maximum atomic E-state index is 11.3. The summed E-state index contributed by atoms with van der Waals surface area (Å²) in [5.41, 5.74) is 4.82. The molecule has 0 aromatic carbocycles. The summed E-state index contributed by atoms with van der Waals surface area (Å²) >= 11 is 6.48. The van der Waals surface area contributed by atoms with Gasteiger partial charge in [0, 0.05) is 13.1 Å². The van der Waals surface area contributed by atoms with Crippen LogP contribution in [0.1, 0.15) is 9.80 Å². The maximum Gasteiger partial charge on any atom is 0.312 e. The van der Waals surface area contributed by atoms with Gasteiger partial charge in [-0.15, -0.1) is 10.2 Å². The molecule has 0 saturated carbocycles. The van der Waals surface area contributed by atoms with Crippen molar-refractivity contribution in [2.24, 2.45) is 5.73 Å². The predicted molar refractivity (Wildman–Crippen MR) is 54.8 cm³/mol. The number of primary amides is 1. The average molecular weight is 250 g/mol. The highest BCUT2D eigenvalue weighted by Gasteiger charge is 2.10. The molecule has 1 aromatic rings. The molecule has 0 aliphatic rings. The normalized spacial score (nSPS) is 9.67. The molecule has 1 heterocycles. The molecule has 0 saturated heterocycles. The molecule has 0 bridgehead atoms. The van der Waals surface area contributed by atoms with E-state index in [1.165, 1.54) is 0 Å². The molecular formula is C6H8ClN5O2S. The van der Waals surface area contributed by atoms with E-state index in [0.717, 1.165) is 11.3 Å². The van der Waals surface area contributed by atoms with Gasteiger partial charge in [0.2, 0.25) is 9.47 Å². The van der Waals surface area contributed by atoms with Crippen LogP contribution >= 0.6 is 22.9 Å². The zero-order valence-electron chi connectivity index (χ0n) is 7.49. The summed E-state index contributed by atoms with van der Waals surface area (Å²) in [4.78, 5) is 21.6. The van der Waals surface area contributed by atoms with Gasteiger partial charge in [-0.1, -0.05) is 11.3 Å². The minimum atomic E-state index is -0.636. The summed E-state index contributed by atoms with van der Waals surface area (Å²) in [6, 6.07) is -0.636. The van der Waals surface area contributed by atoms with E-state index in [1.54, 1.807) is 0 Å². The second-order valence-electron chi connectivity index (χ2n) is 2.41. The van der Waals surface area contributed by atoms with E-state index in [1.807, 2.05) is 0 Å². The Balaban J connectivity index is 2.28. The monoisotopic (exact) mass is 249 g/mol. The fraction of sp³-hybridized carbons (Fsp3) is 0.333. The summed E-state index contributed by atoms with van der Waals surface area (Å²) in [7, 11) is 0. The number of nitrogens with one attached hydrogen (secondary N) is 2. The molecule has 0 aliphatic heterocycles. The SMILES string of the molecule is NC(=O)NCCNC(=O)c1nnc(Cl)s1. The summed E-state index contributed by atoms with van der Waals surface area (Å²) < 4.78 is 0.204. The van der Waals surface area contributed by atoms with Crippen molar-refractivity contribution in [3.8, 4) is 0 Å². The van der Waals surface area contributed by atoms with E-state index < -0.39 is 6.03 Å². The molecule has 0 atom stereocenters. The second kappa shape index (κ2) is 5.47. The smallest absolute Gasteiger partial charge is 0.312 e. The van der Waals surface area contributed by atoms with Crippen molar-refractivity contribution < 1.29 is 9.59 Å². The highest BCUT2D eigenvalue weighted by molar-refractivity contribution is 7.17. The standard InChI is InChI=1S/C6H8ClN5O2S/c7-5-12-11-4(15-5)3(13)9-1-2-10-6(8)14/h1-2H2,(H,9,13)(H3,8,10,14). The molecule has 0 aliphatic carbocycles. The van der Waals surface area contributed by atoms with Gasteiger partial charge in [-0.25, -0.2) is 4.79 Å². The molecule has 3 amide bonds. The summed E-state index contributed by atoms with van der Waals surface area (Å²) in [5, 5.41) is 12.0. The molecular weight excluding hydrogens is 242 g/mol. The molecule has 7 nitrogen and oxygen atoms in total. The fourth-order valence-electron chi connectivity index (χ4n) is 0.734. The molecule has 0 fully saturated rings. The number of carbonyl (C=O) groups is 2. The van der Waals surface area contributed by atoms with Gasteiger partial charge in [-0.3, -0.25) is 4.79 Å². The molecule has 0 spiro atoms. The fourth-order valence-corrected chi connectivity index (χ4v) is 1.48. The first kappa shape index (κ1) is 11.7. The van der Waals surface area contributed by atoms with Crippen LogP contribution in [0.25, 0.3) is 0 Å². The minimum absolute atomic E-state index is 0.180. The third-order valence-electron chi connectivity index (χ3n) is 1.30. The Hall–Kier alpha value is -1.41. The van der Waals surface area contributed by atoms with E-state index >= 15 is 0 Å². The van der Waals surface area contributed by atoms with Crippen molar-refractivity contribution in [2.75, 3.05) is 13.1 Å². The van der Waals surface area contributed by atoms with E-state index in [-0.39, 0.29) is 28.5 Å². The Morgan fingerprint density at radius 1 is 1.33 bits per heavy atom. The molecule has 9 heteroatoms. The van der Waals surface area contributed by atoms with Gasteiger partial charge < -0.3 is 16.4 Å². The van der Waals surface area contributed by atoms with E-state index in [9.17, 15) is 9.59 Å². The van der Waals surface area contributed by atoms with Gasteiger partial charge in [0.1, 0.15) is 0 Å². The van der Waals surface area contributed by atoms with Gasteiger partial charge in [-0.05, 0) is 11.6 Å². The van der Waals surface area contributed by atoms with Gasteiger partial charge in [0.05, 0.1) is 0 Å². The first-order valence-electron chi connectivity index (χ1n) is 3.90. The molecule has 1 rings (SSSR count). The van der Waals surface area contributed by atoms with Crippen LogP contribution in [0.5, 0.6) is 0 Å². The number of urea groups is 1. The number of hydrogen-bond acceptors (Lipinski definition) is 5. The average Bonchev–Trinajstić information content (AvgIpc) is 2.59. The largest absolute Gasteiger partial charge is 0.352 e. The van der Waals surface area contributed by atoms with Crippen LogP contribution in [0.3, 0.4) is 0 Å². The quantitative estimate of drug-likeness (QED) is 0.630. The van der Waals surface area contributed by atoms with Crippen LogP contribution in [0.15, 0.2) is 0 Å². The van der Waals surface area contributed by atoms with Crippen molar-refractivity contribution in [1.82, 2.24) is 20.8 Å². The number of rotatable bonds is 4. The zero-order chi connectivity index (χ0) is 11.3. The van der Waals surface area contributed by atoms with E-state index in [0.29, 0.717) is 0 Å². The summed E-state index contributed by atoms with van der Waals surface area (Å²) in [6.45, 7) is 0.520. The Labute approximate surface area is 94.0 Å². The molecule has 1 aromatic heterocycles. The van der Waals surface area contributed by atoms with Crippen molar-refractivity contribution in [2.45, 2.75) is 0 Å². The van der Waals surface area contributed by atoms with Crippen LogP contribution in [0.4, 0.5) is 4.79 Å². The third kappa shape index (κ3) is 4.09. The Bertz CT molecular complexity index is 368. The number of amides is 3. The first-order chi connectivity index (χ1) is 7.09. The Kier molecular flexibility index (Phi) is 4.25. The maximum absolute atomic E-state index is 11.3. The number of nitrogens with two attached hydrogens (primary N) is 1. The Morgan fingerprint density at radius 2 is 2.00 bits per heavy atom. The van der Waals surface area contributed by atoms with Crippen molar-refractivity contribution in [3.63, 3.8) is 0 Å². The van der Waals surface area contributed by atoms with Gasteiger partial charge in [0.25, 0.3) is 5.91 Å². The topological polar surface area (TPSA) is 110 Å². The lowest BCUT2D eigenvalue weighted by Gasteiger charge is -2.02. The lowest BCUT2D eigenvalue weighted by atomic mass is 10.5. The highest BCUT2D eigenvalue weighted by atomic mass is 35.5. The van der Waals surface area contributed by atoms with Crippen molar-refractivity contribution in [3.05, 3.63) is 9.47 Å². The van der Waals surface area contributed by atoms with Crippen LogP contribution in [0.2, 0.25) is 4.47 Å². The van der Waals surface area contributed by atoms with E-state index in [2.05, 4.69) is 20.8 Å². The van der Waals surface area contributed by atoms with Gasteiger partial charge in [-0.2, -0.15) is 0 Å². The van der Waals surface area contributed by atoms with Crippen molar-refractivity contribution >= 4 is 34.9 Å². The molecule has 0 unspecified atom stereocenters. The Morgan fingerprint density at radius 3 is 2.53 bits per heavy atom. The van der Waals surface area contributed by atoms with Crippen LogP contribution < -0.4 is 16.4 Å². The number of nitrogens with zero attached hydrogens (tertiary/aromatic N) is 2. The minimum Gasteiger partial charge on any atom is -0.352 e. The van der Waals surface area contributed by atoms with Crippen LogP contribution in [-0.4, -0.2) is 35.2 Å². The van der Waals surface area contributed by atoms with Gasteiger partial charge >= 0.3 is 6.03 Å². The zero-order valence-corrected chi connectivity index (χ0v) is 9.06. The number of halogens is 1. The molecule has 4 N–H and O–H groups in total. The number of aromatic nitrogens is 2. The lowest BCUT2D eigenvalue weighted by Crippen LogP contribution is -2.37. The van der Waals surface area contributed by atoms with Crippen LogP contribution in [0, 0.1) is 0 Å². The van der Waals surface area contributed by atoms with Gasteiger partial charge in [0.15, 0.2) is 0 Å². The molecule has 15 heavy (non-hydrogen) atoms. The number of hydrogen-bond donors (Lipinski definition) is 3. The molecule has 82 valence electrons. The predicted octanol–water partition coefficient (Wildman–Crippen LogP) is -0.410.